The molecule has 0 fully saturated rings. The van der Waals surface area contributed by atoms with Gasteiger partial charge in [0.1, 0.15) is 5.75 Å². The highest BCUT2D eigenvalue weighted by Crippen LogP contribution is 2.27. The number of nitrogens with zero attached hydrogens (tertiary/aromatic N) is 1. The molecule has 0 spiro atoms. The third kappa shape index (κ3) is 2.84. The van der Waals surface area contributed by atoms with E-state index in [0.717, 1.165) is 11.3 Å². The highest BCUT2D eigenvalue weighted by Gasteiger charge is 2.13. The first kappa shape index (κ1) is 12.1. The van der Waals surface area contributed by atoms with E-state index in [1.165, 1.54) is 4.88 Å². The molecule has 0 bridgehead atoms. The van der Waals surface area contributed by atoms with Crippen molar-refractivity contribution < 1.29 is 4.74 Å². The summed E-state index contributed by atoms with van der Waals surface area (Å²) >= 11 is 1.74. The minimum absolute atomic E-state index is 0.183. The van der Waals surface area contributed by atoms with Gasteiger partial charge in [-0.1, -0.05) is 6.07 Å². The van der Waals surface area contributed by atoms with Crippen molar-refractivity contribution in [3.63, 3.8) is 0 Å². The number of thiophene rings is 1. The van der Waals surface area contributed by atoms with Crippen molar-refractivity contribution in [2.45, 2.75) is 13.0 Å². The molecule has 0 saturated carbocycles. The second kappa shape index (κ2) is 5.80. The maximum atomic E-state index is 5.47. The molecule has 2 aromatic heterocycles. The van der Waals surface area contributed by atoms with Gasteiger partial charge in [0.05, 0.1) is 18.8 Å². The molecule has 2 aromatic rings. The van der Waals surface area contributed by atoms with E-state index in [2.05, 4.69) is 27.8 Å². The van der Waals surface area contributed by atoms with Crippen LogP contribution in [0.1, 0.15) is 23.4 Å². The van der Waals surface area contributed by atoms with Crippen molar-refractivity contribution >= 4 is 11.3 Å². The lowest BCUT2D eigenvalue weighted by Gasteiger charge is -2.15. The molecular formula is C13H16N2OS. The number of hydrogen-bond acceptors (Lipinski definition) is 4. The van der Waals surface area contributed by atoms with Crippen molar-refractivity contribution in [2.24, 2.45) is 0 Å². The van der Waals surface area contributed by atoms with Crippen molar-refractivity contribution in [1.29, 1.82) is 0 Å². The maximum absolute atomic E-state index is 5.47. The lowest BCUT2D eigenvalue weighted by molar-refractivity contribution is 0.338. The van der Waals surface area contributed by atoms with Crippen LogP contribution in [0.25, 0.3) is 0 Å². The first-order valence-corrected chi connectivity index (χ1v) is 6.51. The number of hydrogen-bond donors (Lipinski definition) is 1. The Balaban J connectivity index is 2.28. The summed E-state index contributed by atoms with van der Waals surface area (Å²) in [6, 6.07) is 6.41. The molecule has 1 N–H and O–H groups in total. The Bertz CT molecular complexity index is 456. The summed E-state index contributed by atoms with van der Waals surface area (Å²) < 4.78 is 5.47. The van der Waals surface area contributed by atoms with Crippen LogP contribution in [0.4, 0.5) is 0 Å². The average Bonchev–Trinajstić information content (AvgIpc) is 2.85. The Morgan fingerprint density at radius 1 is 1.47 bits per heavy atom. The van der Waals surface area contributed by atoms with Gasteiger partial charge < -0.3 is 10.1 Å². The summed E-state index contributed by atoms with van der Waals surface area (Å²) in [5.74, 6) is 0.821. The minimum atomic E-state index is 0.183. The molecule has 0 aromatic carbocycles. The Morgan fingerprint density at radius 2 is 2.35 bits per heavy atom. The molecule has 0 amide bonds. The molecule has 0 saturated heterocycles. The monoisotopic (exact) mass is 248 g/mol. The van der Waals surface area contributed by atoms with Gasteiger partial charge in [-0.15, -0.1) is 11.3 Å². The van der Waals surface area contributed by atoms with Gasteiger partial charge in [-0.05, 0) is 37.0 Å². The lowest BCUT2D eigenvalue weighted by atomic mass is 10.1. The van der Waals surface area contributed by atoms with E-state index in [-0.39, 0.29) is 6.04 Å². The molecule has 3 nitrogen and oxygen atoms in total. The van der Waals surface area contributed by atoms with Crippen molar-refractivity contribution in [2.75, 3.05) is 13.7 Å². The third-order valence-corrected chi connectivity index (χ3v) is 3.43. The third-order valence-electron chi connectivity index (χ3n) is 2.50. The van der Waals surface area contributed by atoms with E-state index in [1.54, 1.807) is 17.5 Å². The first-order valence-electron chi connectivity index (χ1n) is 5.63. The molecule has 2 rings (SSSR count). The van der Waals surface area contributed by atoms with Gasteiger partial charge >= 0.3 is 0 Å². The van der Waals surface area contributed by atoms with E-state index in [9.17, 15) is 0 Å². The molecule has 1 unspecified atom stereocenters. The number of nitrogens with one attached hydrogen (secondary N) is 1. The quantitative estimate of drug-likeness (QED) is 0.883. The van der Waals surface area contributed by atoms with E-state index >= 15 is 0 Å². The Hall–Kier alpha value is -1.39. The topological polar surface area (TPSA) is 34.1 Å². The zero-order valence-electron chi connectivity index (χ0n) is 10.0. The average molecular weight is 248 g/mol. The molecule has 2 heterocycles. The van der Waals surface area contributed by atoms with Gasteiger partial charge in [0.15, 0.2) is 0 Å². The van der Waals surface area contributed by atoms with Crippen LogP contribution in [0.15, 0.2) is 36.0 Å². The van der Waals surface area contributed by atoms with Crippen LogP contribution in [-0.4, -0.2) is 18.6 Å². The molecular weight excluding hydrogens is 232 g/mol. The van der Waals surface area contributed by atoms with Crippen LogP contribution in [-0.2, 0) is 0 Å². The Morgan fingerprint density at radius 3 is 3.00 bits per heavy atom. The lowest BCUT2D eigenvalue weighted by Crippen LogP contribution is -2.16. The van der Waals surface area contributed by atoms with Crippen molar-refractivity contribution in [1.82, 2.24) is 10.3 Å². The smallest absolute Gasteiger partial charge is 0.137 e. The second-order valence-corrected chi connectivity index (χ2v) is 4.60. The molecule has 0 aliphatic heterocycles. The molecule has 0 radical (unpaired) electrons. The van der Waals surface area contributed by atoms with Crippen LogP contribution in [0.3, 0.4) is 0 Å². The van der Waals surface area contributed by atoms with Gasteiger partial charge in [-0.2, -0.15) is 0 Å². The number of rotatable bonds is 5. The predicted octanol–water partition coefficient (Wildman–Crippen LogP) is 2.85. The van der Waals surface area contributed by atoms with E-state index < -0.39 is 0 Å². The zero-order valence-corrected chi connectivity index (χ0v) is 10.8. The fraction of sp³-hybridized carbons (Fsp3) is 0.308. The van der Waals surface area contributed by atoms with Gasteiger partial charge in [-0.25, -0.2) is 0 Å². The highest BCUT2D eigenvalue weighted by molar-refractivity contribution is 7.10. The standard InChI is InChI=1S/C13H16N2OS/c1-3-16-11-7-10(8-15-9-11)13(14-2)12-5-4-6-17-12/h4-9,13-14H,3H2,1-2H3. The summed E-state index contributed by atoms with van der Waals surface area (Å²) in [5, 5.41) is 5.39. The van der Waals surface area contributed by atoms with Crippen LogP contribution < -0.4 is 10.1 Å². The van der Waals surface area contributed by atoms with Crippen LogP contribution in [0.5, 0.6) is 5.75 Å². The molecule has 17 heavy (non-hydrogen) atoms. The van der Waals surface area contributed by atoms with Gasteiger partial charge in [0, 0.05) is 11.1 Å². The molecule has 4 heteroatoms. The SMILES string of the molecule is CCOc1cncc(C(NC)c2cccs2)c1. The number of pyridine rings is 1. The Kier molecular flexibility index (Phi) is 4.12. The summed E-state index contributed by atoms with van der Waals surface area (Å²) in [6.45, 7) is 2.63. The predicted molar refractivity (Wildman–Crippen MR) is 70.6 cm³/mol. The second-order valence-electron chi connectivity index (χ2n) is 3.62. The van der Waals surface area contributed by atoms with E-state index in [4.69, 9.17) is 4.74 Å². The van der Waals surface area contributed by atoms with Gasteiger partial charge in [0.25, 0.3) is 0 Å². The fourth-order valence-corrected chi connectivity index (χ4v) is 2.63. The molecule has 0 aliphatic rings. The van der Waals surface area contributed by atoms with Gasteiger partial charge in [0.2, 0.25) is 0 Å². The van der Waals surface area contributed by atoms with E-state index in [1.807, 2.05) is 26.2 Å². The largest absolute Gasteiger partial charge is 0.492 e. The van der Waals surface area contributed by atoms with Gasteiger partial charge in [-0.3, -0.25) is 4.98 Å². The zero-order chi connectivity index (χ0) is 12.1. The fourth-order valence-electron chi connectivity index (χ4n) is 1.77. The number of aromatic nitrogens is 1. The Labute approximate surface area is 105 Å². The van der Waals surface area contributed by atoms with Crippen LogP contribution >= 0.6 is 11.3 Å². The summed E-state index contributed by atoms with van der Waals surface area (Å²) in [7, 11) is 1.96. The summed E-state index contributed by atoms with van der Waals surface area (Å²) in [5.41, 5.74) is 1.13. The van der Waals surface area contributed by atoms with Crippen LogP contribution in [0, 0.1) is 0 Å². The maximum Gasteiger partial charge on any atom is 0.137 e. The van der Waals surface area contributed by atoms with Crippen molar-refractivity contribution in [3.8, 4) is 5.75 Å². The minimum Gasteiger partial charge on any atom is -0.492 e. The molecule has 0 aliphatic carbocycles. The first-order chi connectivity index (χ1) is 8.35. The highest BCUT2D eigenvalue weighted by atomic mass is 32.1. The van der Waals surface area contributed by atoms with E-state index in [0.29, 0.717) is 6.61 Å². The van der Waals surface area contributed by atoms with Crippen LogP contribution in [0.2, 0.25) is 0 Å². The number of ether oxygens (including phenoxy) is 1. The summed E-state index contributed by atoms with van der Waals surface area (Å²) in [4.78, 5) is 5.50. The van der Waals surface area contributed by atoms with Crippen molar-refractivity contribution in [3.05, 3.63) is 46.4 Å². The molecule has 90 valence electrons. The normalized spacial score (nSPS) is 12.4. The molecule has 1 atom stereocenters. The summed E-state index contributed by atoms with van der Waals surface area (Å²) in [6.07, 6.45) is 3.62.